The molecule has 0 saturated carbocycles. The number of hydrogen-bond acceptors (Lipinski definition) is 10. The average Bonchev–Trinajstić information content (AvgIpc) is 2.95. The first-order chi connectivity index (χ1) is 12.3. The number of aliphatic hydroxyl groups excluding tert-OH is 3. The van der Waals surface area contributed by atoms with Crippen LogP contribution >= 0.6 is 15.6 Å². The van der Waals surface area contributed by atoms with Crippen LogP contribution in [0.1, 0.15) is 0 Å². The standard InChI is InChI=1S/C10H18B2O13P2/c11-9-6(14)5(13)3(23-9)1-22-27(19,20)25-8-4(2-21-26(16,17)18)24-10(12)7(8)15/h3-10,13-15H,1-2H2,(H,19,20)(H2,16,17,18)/t3-,4-,5?,6?,7?,8?,9-,10-/m1/s1. The highest BCUT2D eigenvalue weighted by Crippen LogP contribution is 2.48. The van der Waals surface area contributed by atoms with Crippen LogP contribution in [-0.2, 0) is 32.2 Å². The third-order valence-electron chi connectivity index (χ3n) is 3.83. The van der Waals surface area contributed by atoms with Crippen molar-refractivity contribution in [2.45, 2.75) is 48.6 Å². The van der Waals surface area contributed by atoms with Crippen LogP contribution in [0.2, 0.25) is 0 Å². The molecule has 2 aliphatic heterocycles. The fraction of sp³-hybridized carbons (Fsp3) is 1.00. The highest BCUT2D eigenvalue weighted by atomic mass is 31.2. The van der Waals surface area contributed by atoms with Crippen LogP contribution < -0.4 is 0 Å². The minimum absolute atomic E-state index is 0.695. The Morgan fingerprint density at radius 1 is 0.815 bits per heavy atom. The summed E-state index contributed by atoms with van der Waals surface area (Å²) in [4.78, 5) is 27.2. The molecule has 0 spiro atoms. The van der Waals surface area contributed by atoms with Crippen molar-refractivity contribution in [1.29, 1.82) is 0 Å². The fourth-order valence-electron chi connectivity index (χ4n) is 2.47. The maximum Gasteiger partial charge on any atom is 0.472 e. The Hall–Kier alpha value is 0.150. The van der Waals surface area contributed by atoms with E-state index < -0.39 is 77.5 Å². The third-order valence-corrected chi connectivity index (χ3v) is 5.31. The van der Waals surface area contributed by atoms with E-state index in [9.17, 15) is 29.3 Å². The van der Waals surface area contributed by atoms with Gasteiger partial charge in [-0.2, -0.15) is 0 Å². The van der Waals surface area contributed by atoms with E-state index in [4.69, 9.17) is 39.5 Å². The second-order valence-corrected chi connectivity index (χ2v) is 8.52. The number of rotatable bonds is 8. The van der Waals surface area contributed by atoms with Gasteiger partial charge in [-0.1, -0.05) is 0 Å². The van der Waals surface area contributed by atoms with Crippen molar-refractivity contribution in [3.8, 4) is 0 Å². The van der Waals surface area contributed by atoms with E-state index in [1.807, 2.05) is 0 Å². The SMILES string of the molecule is [B][C@@H]1O[C@H](COP(=O)(O)OC2C(O)[C@H]([B])O[C@@H]2COP(=O)(O)O)C(O)C1O. The van der Waals surface area contributed by atoms with E-state index in [1.165, 1.54) is 0 Å². The summed E-state index contributed by atoms with van der Waals surface area (Å²) in [6.07, 6.45) is -8.77. The van der Waals surface area contributed by atoms with E-state index in [2.05, 4.69) is 9.05 Å². The topological polar surface area (TPSA) is 202 Å². The molecular formula is C10H18B2O13P2. The second-order valence-electron chi connectivity index (χ2n) is 5.87. The maximum atomic E-state index is 12.1. The minimum atomic E-state index is -4.88. The van der Waals surface area contributed by atoms with E-state index in [0.717, 1.165) is 0 Å². The van der Waals surface area contributed by atoms with Crippen LogP contribution in [0.25, 0.3) is 0 Å². The van der Waals surface area contributed by atoms with Crippen molar-refractivity contribution in [3.63, 3.8) is 0 Å². The highest BCUT2D eigenvalue weighted by molar-refractivity contribution is 7.47. The molecule has 2 heterocycles. The van der Waals surface area contributed by atoms with Gasteiger partial charge in [-0.15, -0.1) is 0 Å². The molecule has 4 radical (unpaired) electrons. The van der Waals surface area contributed by atoms with Gasteiger partial charge in [-0.3, -0.25) is 13.6 Å². The highest BCUT2D eigenvalue weighted by Gasteiger charge is 2.47. The van der Waals surface area contributed by atoms with Crippen LogP contribution in [0.4, 0.5) is 0 Å². The number of phosphoric ester groups is 2. The lowest BCUT2D eigenvalue weighted by atomic mass is 9.93. The van der Waals surface area contributed by atoms with Gasteiger partial charge in [0.15, 0.2) is 0 Å². The van der Waals surface area contributed by atoms with Crippen molar-refractivity contribution in [3.05, 3.63) is 0 Å². The van der Waals surface area contributed by atoms with Gasteiger partial charge in [0.2, 0.25) is 0 Å². The first-order valence-electron chi connectivity index (χ1n) is 7.53. The summed E-state index contributed by atoms with van der Waals surface area (Å²) in [7, 11) is 1.02. The van der Waals surface area contributed by atoms with Gasteiger partial charge in [0.1, 0.15) is 46.2 Å². The molecule has 0 aliphatic carbocycles. The predicted octanol–water partition coefficient (Wildman–Crippen LogP) is -3.53. The molecule has 0 amide bonds. The van der Waals surface area contributed by atoms with Crippen molar-refractivity contribution in [1.82, 2.24) is 0 Å². The molecule has 27 heavy (non-hydrogen) atoms. The van der Waals surface area contributed by atoms with Crippen molar-refractivity contribution < 1.29 is 62.2 Å². The molecular weight excluding hydrogens is 412 g/mol. The first kappa shape index (κ1) is 23.4. The van der Waals surface area contributed by atoms with Crippen LogP contribution in [0.3, 0.4) is 0 Å². The minimum Gasteiger partial charge on any atom is -0.388 e. The summed E-state index contributed by atoms with van der Waals surface area (Å²) >= 11 is 0. The van der Waals surface area contributed by atoms with Crippen LogP contribution in [-0.4, -0.2) is 108 Å². The molecule has 0 bridgehead atoms. The summed E-state index contributed by atoms with van der Waals surface area (Å²) in [6, 6.07) is -2.60. The Labute approximate surface area is 156 Å². The molecule has 17 heteroatoms. The summed E-state index contributed by atoms with van der Waals surface area (Å²) in [5.74, 6) is 0. The molecule has 2 saturated heterocycles. The van der Waals surface area contributed by atoms with Gasteiger partial charge in [0, 0.05) is 12.0 Å². The number of hydrogen-bond donors (Lipinski definition) is 6. The van der Waals surface area contributed by atoms with Crippen molar-refractivity contribution in [2.75, 3.05) is 13.2 Å². The van der Waals surface area contributed by atoms with Gasteiger partial charge in [-0.25, -0.2) is 9.13 Å². The molecule has 0 aromatic heterocycles. The van der Waals surface area contributed by atoms with Gasteiger partial charge in [-0.05, 0) is 0 Å². The lowest BCUT2D eigenvalue weighted by molar-refractivity contribution is -0.0321. The van der Waals surface area contributed by atoms with Gasteiger partial charge >= 0.3 is 15.6 Å². The average molecular weight is 430 g/mol. The zero-order chi connectivity index (χ0) is 20.6. The normalized spacial score (nSPS) is 42.3. The monoisotopic (exact) mass is 430 g/mol. The Morgan fingerprint density at radius 3 is 1.85 bits per heavy atom. The van der Waals surface area contributed by atoms with E-state index in [1.54, 1.807) is 0 Å². The van der Waals surface area contributed by atoms with Gasteiger partial charge < -0.3 is 39.5 Å². The Bertz CT molecular complexity index is 604. The summed E-state index contributed by atoms with van der Waals surface area (Å²) in [6.45, 7) is -1.50. The molecule has 2 fully saturated rings. The molecule has 5 unspecified atom stereocenters. The molecule has 13 nitrogen and oxygen atoms in total. The van der Waals surface area contributed by atoms with E-state index in [-0.39, 0.29) is 0 Å². The summed E-state index contributed by atoms with van der Waals surface area (Å²) in [5, 5.41) is 29.0. The molecule has 2 rings (SSSR count). The molecule has 9 atom stereocenters. The van der Waals surface area contributed by atoms with Gasteiger partial charge in [0.25, 0.3) is 0 Å². The zero-order valence-electron chi connectivity index (χ0n) is 13.6. The fourth-order valence-corrected chi connectivity index (χ4v) is 3.77. The second kappa shape index (κ2) is 8.88. The van der Waals surface area contributed by atoms with Crippen molar-refractivity contribution >= 4 is 31.3 Å². The number of aliphatic hydroxyl groups is 3. The number of ether oxygens (including phenoxy) is 2. The molecule has 152 valence electrons. The molecule has 2 aliphatic rings. The molecule has 0 aromatic carbocycles. The Balaban J connectivity index is 1.95. The van der Waals surface area contributed by atoms with Crippen LogP contribution in [0.5, 0.6) is 0 Å². The van der Waals surface area contributed by atoms with Crippen LogP contribution in [0.15, 0.2) is 0 Å². The number of phosphoric acid groups is 2. The summed E-state index contributed by atoms with van der Waals surface area (Å²) < 4.78 is 46.4. The summed E-state index contributed by atoms with van der Waals surface area (Å²) in [5.41, 5.74) is 0. The predicted molar refractivity (Wildman–Crippen MR) is 85.5 cm³/mol. The van der Waals surface area contributed by atoms with Crippen LogP contribution in [0, 0.1) is 0 Å². The van der Waals surface area contributed by atoms with Crippen molar-refractivity contribution in [2.24, 2.45) is 0 Å². The molecule has 6 N–H and O–H groups in total. The van der Waals surface area contributed by atoms with Gasteiger partial charge in [0.05, 0.1) is 19.3 Å². The zero-order valence-corrected chi connectivity index (χ0v) is 15.4. The maximum absolute atomic E-state index is 12.1. The molecule has 0 aromatic rings. The van der Waals surface area contributed by atoms with E-state index >= 15 is 0 Å². The lowest BCUT2D eigenvalue weighted by Crippen LogP contribution is -2.37. The quantitative estimate of drug-likeness (QED) is 0.164. The smallest absolute Gasteiger partial charge is 0.388 e. The largest absolute Gasteiger partial charge is 0.472 e. The first-order valence-corrected chi connectivity index (χ1v) is 10.6. The third kappa shape index (κ3) is 6.31. The Morgan fingerprint density at radius 2 is 1.33 bits per heavy atom. The Kier molecular flexibility index (Phi) is 7.71. The van der Waals surface area contributed by atoms with E-state index in [0.29, 0.717) is 0 Å². The lowest BCUT2D eigenvalue weighted by Gasteiger charge is -2.24.